The normalized spacial score (nSPS) is 11.6. The monoisotopic (exact) mass is 318 g/mol. The number of rotatable bonds is 4. The molecular weight excluding hydrogens is 307 g/mol. The molecule has 0 aliphatic heterocycles. The molecule has 20 heavy (non-hydrogen) atoms. The molecule has 1 heterocycles. The molecule has 0 spiro atoms. The number of nitrogens with zero attached hydrogens (tertiary/aromatic N) is 2. The zero-order valence-electron chi connectivity index (χ0n) is 10.8. The van der Waals surface area contributed by atoms with E-state index in [-0.39, 0.29) is 17.3 Å². The van der Waals surface area contributed by atoms with Crippen molar-refractivity contribution < 1.29 is 17.5 Å². The lowest BCUT2D eigenvalue weighted by Crippen LogP contribution is -2.04. The first-order valence-electron chi connectivity index (χ1n) is 5.62. The van der Waals surface area contributed by atoms with Gasteiger partial charge in [-0.2, -0.15) is 0 Å². The number of halogens is 2. The summed E-state index contributed by atoms with van der Waals surface area (Å²) < 4.78 is 42.9. The van der Waals surface area contributed by atoms with Gasteiger partial charge >= 0.3 is 0 Å². The van der Waals surface area contributed by atoms with Crippen LogP contribution >= 0.6 is 10.7 Å². The Labute approximate surface area is 120 Å². The Morgan fingerprint density at radius 1 is 1.45 bits per heavy atom. The number of aryl methyl sites for hydroxylation is 1. The first kappa shape index (κ1) is 14.8. The molecular formula is C12H12ClFN2O3S. The van der Waals surface area contributed by atoms with Gasteiger partial charge in [0.15, 0.2) is 16.6 Å². The van der Waals surface area contributed by atoms with Crippen LogP contribution in [0.4, 0.5) is 4.39 Å². The third-order valence-electron chi connectivity index (χ3n) is 2.81. The van der Waals surface area contributed by atoms with Crippen molar-refractivity contribution in [3.05, 3.63) is 41.6 Å². The van der Waals surface area contributed by atoms with Crippen LogP contribution in [0, 0.1) is 12.7 Å². The fourth-order valence-electron chi connectivity index (χ4n) is 1.78. The van der Waals surface area contributed by atoms with Gasteiger partial charge in [-0.15, -0.1) is 0 Å². The second-order valence-corrected chi connectivity index (χ2v) is 6.64. The van der Waals surface area contributed by atoms with E-state index in [1.54, 1.807) is 19.1 Å². The first-order chi connectivity index (χ1) is 9.32. The van der Waals surface area contributed by atoms with Gasteiger partial charge in [-0.25, -0.2) is 17.8 Å². The maximum Gasteiger partial charge on any atom is 0.280 e. The Morgan fingerprint density at radius 3 is 2.70 bits per heavy atom. The highest BCUT2D eigenvalue weighted by atomic mass is 35.7. The minimum absolute atomic E-state index is 0.130. The van der Waals surface area contributed by atoms with Crippen LogP contribution < -0.4 is 4.74 Å². The summed E-state index contributed by atoms with van der Waals surface area (Å²) in [6.45, 7) is 1.75. The summed E-state index contributed by atoms with van der Waals surface area (Å²) in [4.78, 5) is 3.84. The van der Waals surface area contributed by atoms with E-state index in [9.17, 15) is 12.8 Å². The van der Waals surface area contributed by atoms with E-state index in [0.29, 0.717) is 11.4 Å². The van der Waals surface area contributed by atoms with E-state index in [2.05, 4.69) is 4.98 Å². The third kappa shape index (κ3) is 2.94. The molecule has 8 heteroatoms. The van der Waals surface area contributed by atoms with Gasteiger partial charge in [-0.05, 0) is 13.0 Å². The van der Waals surface area contributed by atoms with Gasteiger partial charge in [0.2, 0.25) is 0 Å². The predicted octanol–water partition coefficient (Wildman–Crippen LogP) is 2.32. The number of imidazole rings is 1. The molecule has 1 aromatic heterocycles. The van der Waals surface area contributed by atoms with Gasteiger partial charge in [0.05, 0.1) is 13.7 Å². The molecule has 0 saturated heterocycles. The summed E-state index contributed by atoms with van der Waals surface area (Å²) in [5.74, 6) is 0.0651. The Kier molecular flexibility index (Phi) is 4.01. The molecule has 0 aliphatic carbocycles. The molecule has 0 atom stereocenters. The summed E-state index contributed by atoms with van der Waals surface area (Å²) in [5, 5.41) is -0.250. The standard InChI is InChI=1S/C12H12ClFN2O3S/c1-8-15-11(20(13,17)18)7-16(8)6-9-4-3-5-10(19-2)12(9)14/h3-5,7H,6H2,1-2H3. The summed E-state index contributed by atoms with van der Waals surface area (Å²) in [7, 11) is 2.71. The van der Waals surface area contributed by atoms with E-state index < -0.39 is 14.9 Å². The quantitative estimate of drug-likeness (QED) is 0.812. The minimum Gasteiger partial charge on any atom is -0.494 e. The van der Waals surface area contributed by atoms with E-state index >= 15 is 0 Å². The second-order valence-electron chi connectivity index (χ2n) is 4.13. The van der Waals surface area contributed by atoms with E-state index in [1.807, 2.05) is 0 Å². The number of hydrogen-bond acceptors (Lipinski definition) is 4. The van der Waals surface area contributed by atoms with Crippen LogP contribution in [0.3, 0.4) is 0 Å². The molecule has 2 rings (SSSR count). The van der Waals surface area contributed by atoms with Crippen LogP contribution in [-0.2, 0) is 15.6 Å². The van der Waals surface area contributed by atoms with Gasteiger partial charge < -0.3 is 9.30 Å². The first-order valence-corrected chi connectivity index (χ1v) is 7.93. The zero-order chi connectivity index (χ0) is 14.9. The predicted molar refractivity (Wildman–Crippen MR) is 72.1 cm³/mol. The minimum atomic E-state index is -3.90. The molecule has 0 saturated carbocycles. The van der Waals surface area contributed by atoms with Crippen molar-refractivity contribution in [2.45, 2.75) is 18.5 Å². The number of benzene rings is 1. The average molecular weight is 319 g/mol. The zero-order valence-corrected chi connectivity index (χ0v) is 12.4. The van der Waals surface area contributed by atoms with E-state index in [4.69, 9.17) is 15.4 Å². The summed E-state index contributed by atoms with van der Waals surface area (Å²) in [6.07, 6.45) is 1.27. The van der Waals surface area contributed by atoms with Crippen molar-refractivity contribution in [2.24, 2.45) is 0 Å². The number of ether oxygens (including phenoxy) is 1. The van der Waals surface area contributed by atoms with Crippen molar-refractivity contribution in [3.8, 4) is 5.75 Å². The molecule has 0 aliphatic rings. The lowest BCUT2D eigenvalue weighted by Gasteiger charge is -2.09. The molecule has 2 aromatic rings. The van der Waals surface area contributed by atoms with Gasteiger partial charge in [-0.1, -0.05) is 12.1 Å². The number of aromatic nitrogens is 2. The highest BCUT2D eigenvalue weighted by molar-refractivity contribution is 8.13. The Bertz CT molecular complexity index is 743. The summed E-state index contributed by atoms with van der Waals surface area (Å²) in [6, 6.07) is 4.75. The molecule has 0 amide bonds. The van der Waals surface area contributed by atoms with Crippen LogP contribution in [0.5, 0.6) is 5.75 Å². The van der Waals surface area contributed by atoms with Gasteiger partial charge in [0.1, 0.15) is 5.82 Å². The molecule has 0 N–H and O–H groups in total. The SMILES string of the molecule is COc1cccc(Cn2cc(S(=O)(=O)Cl)nc2C)c1F. The highest BCUT2D eigenvalue weighted by Gasteiger charge is 2.17. The maximum absolute atomic E-state index is 14.0. The molecule has 1 aromatic carbocycles. The number of hydrogen-bond donors (Lipinski definition) is 0. The fourth-order valence-corrected chi connectivity index (χ4v) is 2.49. The maximum atomic E-state index is 14.0. The van der Waals surface area contributed by atoms with Crippen molar-refractivity contribution in [1.82, 2.24) is 9.55 Å². The van der Waals surface area contributed by atoms with Crippen LogP contribution in [-0.4, -0.2) is 25.1 Å². The molecule has 0 fully saturated rings. The second kappa shape index (κ2) is 5.41. The molecule has 0 unspecified atom stereocenters. The Hall–Kier alpha value is -1.60. The van der Waals surface area contributed by atoms with E-state index in [0.717, 1.165) is 0 Å². The van der Waals surface area contributed by atoms with Crippen LogP contribution in [0.15, 0.2) is 29.4 Å². The van der Waals surface area contributed by atoms with Gasteiger partial charge in [0.25, 0.3) is 9.05 Å². The average Bonchev–Trinajstić information content (AvgIpc) is 2.73. The lowest BCUT2D eigenvalue weighted by atomic mass is 10.2. The van der Waals surface area contributed by atoms with Gasteiger partial charge in [-0.3, -0.25) is 0 Å². The lowest BCUT2D eigenvalue weighted by molar-refractivity contribution is 0.383. The van der Waals surface area contributed by atoms with Crippen molar-refractivity contribution in [2.75, 3.05) is 7.11 Å². The molecule has 0 bridgehead atoms. The van der Waals surface area contributed by atoms with Crippen molar-refractivity contribution >= 4 is 19.7 Å². The summed E-state index contributed by atoms with van der Waals surface area (Å²) in [5.41, 5.74) is 0.364. The van der Waals surface area contributed by atoms with Crippen LogP contribution in [0.25, 0.3) is 0 Å². The Morgan fingerprint density at radius 2 is 2.15 bits per heavy atom. The largest absolute Gasteiger partial charge is 0.494 e. The summed E-state index contributed by atoms with van der Waals surface area (Å²) >= 11 is 0. The smallest absolute Gasteiger partial charge is 0.280 e. The van der Waals surface area contributed by atoms with Gasteiger partial charge in [0, 0.05) is 22.4 Å². The van der Waals surface area contributed by atoms with Crippen molar-refractivity contribution in [3.63, 3.8) is 0 Å². The topological polar surface area (TPSA) is 61.2 Å². The molecule has 0 radical (unpaired) electrons. The Balaban J connectivity index is 2.38. The molecule has 108 valence electrons. The molecule has 5 nitrogen and oxygen atoms in total. The van der Waals surface area contributed by atoms with E-state index in [1.165, 1.54) is 23.9 Å². The number of methoxy groups -OCH3 is 1. The third-order valence-corrected chi connectivity index (χ3v) is 3.98. The van der Waals surface area contributed by atoms with Crippen molar-refractivity contribution in [1.29, 1.82) is 0 Å². The van der Waals surface area contributed by atoms with Crippen LogP contribution in [0.1, 0.15) is 11.4 Å². The van der Waals surface area contributed by atoms with Crippen LogP contribution in [0.2, 0.25) is 0 Å². The highest BCUT2D eigenvalue weighted by Crippen LogP contribution is 2.22. The fraction of sp³-hybridized carbons (Fsp3) is 0.250.